The maximum atomic E-state index is 12.7. The Bertz CT molecular complexity index is 486. The summed E-state index contributed by atoms with van der Waals surface area (Å²) in [6.07, 6.45) is 7.66. The number of nitrogens with one attached hydrogen (secondary N) is 1. The van der Waals surface area contributed by atoms with E-state index in [4.69, 9.17) is 0 Å². The van der Waals surface area contributed by atoms with E-state index in [2.05, 4.69) is 34.5 Å². The van der Waals surface area contributed by atoms with Crippen molar-refractivity contribution in [1.82, 2.24) is 5.32 Å². The third-order valence-electron chi connectivity index (χ3n) is 4.84. The van der Waals surface area contributed by atoms with Crippen LogP contribution in [0.4, 0.5) is 5.69 Å². The molecule has 3 nitrogen and oxygen atoms in total. The maximum absolute atomic E-state index is 12.7. The molecule has 0 spiro atoms. The van der Waals surface area contributed by atoms with Gasteiger partial charge in [-0.05, 0) is 62.7 Å². The van der Waals surface area contributed by atoms with Gasteiger partial charge in [0.25, 0.3) is 0 Å². The highest BCUT2D eigenvalue weighted by atomic mass is 35.5. The number of rotatable bonds is 3. The first-order valence-corrected chi connectivity index (χ1v) is 8.43. The van der Waals surface area contributed by atoms with Crippen LogP contribution in [0.5, 0.6) is 0 Å². The van der Waals surface area contributed by atoms with Crippen molar-refractivity contribution in [2.75, 3.05) is 24.5 Å². The molecule has 0 aromatic heterocycles. The molecule has 0 aliphatic carbocycles. The van der Waals surface area contributed by atoms with Gasteiger partial charge >= 0.3 is 0 Å². The topological polar surface area (TPSA) is 32.3 Å². The summed E-state index contributed by atoms with van der Waals surface area (Å²) in [4.78, 5) is 14.7. The van der Waals surface area contributed by atoms with Crippen LogP contribution in [0.25, 0.3) is 0 Å². The predicted octanol–water partition coefficient (Wildman–Crippen LogP) is 3.56. The van der Waals surface area contributed by atoms with Crippen molar-refractivity contribution in [3.8, 4) is 0 Å². The molecule has 0 bridgehead atoms. The highest BCUT2D eigenvalue weighted by Gasteiger charge is 2.22. The van der Waals surface area contributed by atoms with Crippen molar-refractivity contribution in [3.63, 3.8) is 0 Å². The highest BCUT2D eigenvalue weighted by molar-refractivity contribution is 5.94. The molecule has 1 unspecified atom stereocenters. The minimum atomic E-state index is 0. The van der Waals surface area contributed by atoms with E-state index in [1.165, 1.54) is 24.8 Å². The third-order valence-corrected chi connectivity index (χ3v) is 4.84. The molecule has 122 valence electrons. The van der Waals surface area contributed by atoms with Crippen LogP contribution in [-0.2, 0) is 11.2 Å². The van der Waals surface area contributed by atoms with Gasteiger partial charge in [0.2, 0.25) is 5.91 Å². The van der Waals surface area contributed by atoms with E-state index in [-0.39, 0.29) is 12.4 Å². The lowest BCUT2D eigenvalue weighted by atomic mass is 9.99. The number of amides is 1. The van der Waals surface area contributed by atoms with Gasteiger partial charge in [-0.3, -0.25) is 4.79 Å². The van der Waals surface area contributed by atoms with Gasteiger partial charge in [0.1, 0.15) is 0 Å². The van der Waals surface area contributed by atoms with Crippen molar-refractivity contribution in [2.45, 2.75) is 44.9 Å². The molecule has 3 rings (SSSR count). The molecule has 1 N–H and O–H groups in total. The van der Waals surface area contributed by atoms with Gasteiger partial charge < -0.3 is 10.2 Å². The van der Waals surface area contributed by atoms with Gasteiger partial charge in [0, 0.05) is 18.7 Å². The van der Waals surface area contributed by atoms with Gasteiger partial charge in [-0.25, -0.2) is 0 Å². The number of para-hydroxylation sites is 1. The summed E-state index contributed by atoms with van der Waals surface area (Å²) in [5.41, 5.74) is 2.50. The van der Waals surface area contributed by atoms with Crippen LogP contribution < -0.4 is 10.2 Å². The van der Waals surface area contributed by atoms with Gasteiger partial charge in [0.15, 0.2) is 0 Å². The van der Waals surface area contributed by atoms with Crippen LogP contribution in [0.2, 0.25) is 0 Å². The molecule has 1 aromatic carbocycles. The maximum Gasteiger partial charge on any atom is 0.226 e. The summed E-state index contributed by atoms with van der Waals surface area (Å²) in [5, 5.41) is 3.38. The Hall–Kier alpha value is -1.06. The second kappa shape index (κ2) is 8.54. The van der Waals surface area contributed by atoms with Crippen molar-refractivity contribution in [2.24, 2.45) is 5.92 Å². The van der Waals surface area contributed by atoms with Crippen molar-refractivity contribution in [1.29, 1.82) is 0 Å². The van der Waals surface area contributed by atoms with E-state index in [0.717, 1.165) is 44.6 Å². The molecule has 22 heavy (non-hydrogen) atoms. The number of hydrogen-bond donors (Lipinski definition) is 1. The van der Waals surface area contributed by atoms with Crippen LogP contribution in [0, 0.1) is 5.92 Å². The van der Waals surface area contributed by atoms with E-state index in [1.807, 2.05) is 0 Å². The van der Waals surface area contributed by atoms with Crippen molar-refractivity contribution < 1.29 is 4.79 Å². The molecular formula is C18H27ClN2O. The molecule has 1 aromatic rings. The first-order valence-electron chi connectivity index (χ1n) is 8.43. The lowest BCUT2D eigenvalue weighted by molar-refractivity contribution is -0.118. The first kappa shape index (κ1) is 17.3. The zero-order chi connectivity index (χ0) is 14.5. The van der Waals surface area contributed by atoms with E-state index < -0.39 is 0 Å². The summed E-state index contributed by atoms with van der Waals surface area (Å²) in [6, 6.07) is 8.45. The molecule has 1 amide bonds. The van der Waals surface area contributed by atoms with E-state index >= 15 is 0 Å². The fraction of sp³-hybridized carbons (Fsp3) is 0.611. The van der Waals surface area contributed by atoms with E-state index in [0.29, 0.717) is 18.2 Å². The Balaban J connectivity index is 0.00000176. The fourth-order valence-electron chi connectivity index (χ4n) is 3.55. The van der Waals surface area contributed by atoms with Crippen LogP contribution in [-0.4, -0.2) is 25.5 Å². The summed E-state index contributed by atoms with van der Waals surface area (Å²) >= 11 is 0. The molecule has 0 radical (unpaired) electrons. The Kier molecular flexibility index (Phi) is 6.71. The Morgan fingerprint density at radius 1 is 1.23 bits per heavy atom. The third kappa shape index (κ3) is 4.23. The summed E-state index contributed by atoms with van der Waals surface area (Å²) in [5.74, 6) is 1.01. The average Bonchev–Trinajstić information content (AvgIpc) is 2.99. The summed E-state index contributed by atoms with van der Waals surface area (Å²) < 4.78 is 0. The highest BCUT2D eigenvalue weighted by Crippen LogP contribution is 2.27. The fourth-order valence-corrected chi connectivity index (χ4v) is 3.55. The lowest BCUT2D eigenvalue weighted by Crippen LogP contribution is -2.33. The number of anilines is 1. The standard InChI is InChI=1S/C18H26N2O.ClH/c21-18(10-9-15-11-12-19-14-15)20-13-5-1-2-6-16-7-3-4-8-17(16)20;/h3-4,7-8,15,19H,1-2,5-6,9-14H2;1H. The SMILES string of the molecule is Cl.O=C(CCC1CCNC1)N1CCCCCc2ccccc21. The zero-order valence-corrected chi connectivity index (χ0v) is 14.0. The van der Waals surface area contributed by atoms with Crippen molar-refractivity contribution >= 4 is 24.0 Å². The number of hydrogen-bond acceptors (Lipinski definition) is 2. The molecule has 0 saturated carbocycles. The summed E-state index contributed by atoms with van der Waals surface area (Å²) in [7, 11) is 0. The number of halogens is 1. The Labute approximate surface area is 139 Å². The Morgan fingerprint density at radius 2 is 2.09 bits per heavy atom. The van der Waals surface area contributed by atoms with Crippen molar-refractivity contribution in [3.05, 3.63) is 29.8 Å². The first-order chi connectivity index (χ1) is 10.3. The number of carbonyl (C=O) groups excluding carboxylic acids is 1. The second-order valence-corrected chi connectivity index (χ2v) is 6.38. The van der Waals surface area contributed by atoms with Gasteiger partial charge in [-0.15, -0.1) is 12.4 Å². The number of carbonyl (C=O) groups is 1. The minimum Gasteiger partial charge on any atom is -0.316 e. The molecule has 2 heterocycles. The molecular weight excluding hydrogens is 296 g/mol. The van der Waals surface area contributed by atoms with Crippen LogP contribution in [0.15, 0.2) is 24.3 Å². The number of nitrogens with zero attached hydrogens (tertiary/aromatic N) is 1. The average molecular weight is 323 g/mol. The molecule has 1 saturated heterocycles. The Morgan fingerprint density at radius 3 is 2.91 bits per heavy atom. The van der Waals surface area contributed by atoms with Crippen LogP contribution in [0.3, 0.4) is 0 Å². The van der Waals surface area contributed by atoms with Gasteiger partial charge in [-0.2, -0.15) is 0 Å². The van der Waals surface area contributed by atoms with Crippen LogP contribution in [0.1, 0.15) is 44.1 Å². The van der Waals surface area contributed by atoms with Gasteiger partial charge in [0.05, 0.1) is 0 Å². The van der Waals surface area contributed by atoms with E-state index in [1.54, 1.807) is 0 Å². The summed E-state index contributed by atoms with van der Waals surface area (Å²) in [6.45, 7) is 3.09. The number of benzene rings is 1. The molecule has 1 atom stereocenters. The minimum absolute atomic E-state index is 0. The molecule has 2 aliphatic heterocycles. The number of aryl methyl sites for hydroxylation is 1. The monoisotopic (exact) mass is 322 g/mol. The smallest absolute Gasteiger partial charge is 0.226 e. The molecule has 2 aliphatic rings. The van der Waals surface area contributed by atoms with Crippen LogP contribution >= 0.6 is 12.4 Å². The largest absolute Gasteiger partial charge is 0.316 e. The molecule has 1 fully saturated rings. The molecule has 4 heteroatoms. The zero-order valence-electron chi connectivity index (χ0n) is 13.2. The van der Waals surface area contributed by atoms with Gasteiger partial charge in [-0.1, -0.05) is 24.6 Å². The van der Waals surface area contributed by atoms with E-state index in [9.17, 15) is 4.79 Å². The quantitative estimate of drug-likeness (QED) is 0.923. The predicted molar refractivity (Wildman–Crippen MR) is 93.8 cm³/mol. The second-order valence-electron chi connectivity index (χ2n) is 6.38. The normalized spacial score (nSPS) is 21.5. The lowest BCUT2D eigenvalue weighted by Gasteiger charge is -2.27. The number of fused-ring (bicyclic) bond motifs is 1.